The van der Waals surface area contributed by atoms with Crippen molar-refractivity contribution >= 4 is 21.6 Å². The molecule has 1 amide bonds. The van der Waals surface area contributed by atoms with Gasteiger partial charge < -0.3 is 19.5 Å². The van der Waals surface area contributed by atoms with Crippen molar-refractivity contribution in [1.29, 1.82) is 0 Å². The van der Waals surface area contributed by atoms with Crippen molar-refractivity contribution in [2.75, 3.05) is 26.6 Å². The Bertz CT molecular complexity index is 1230. The molecule has 0 fully saturated rings. The number of sulfonamides is 1. The van der Waals surface area contributed by atoms with E-state index in [-0.39, 0.29) is 6.42 Å². The van der Waals surface area contributed by atoms with Gasteiger partial charge in [-0.1, -0.05) is 42.5 Å². The molecule has 2 N–H and O–H groups in total. The van der Waals surface area contributed by atoms with Gasteiger partial charge in [-0.15, -0.1) is 0 Å². The van der Waals surface area contributed by atoms with Gasteiger partial charge in [-0.05, 0) is 24.1 Å². The first-order valence-corrected chi connectivity index (χ1v) is 11.7. The summed E-state index contributed by atoms with van der Waals surface area (Å²) < 4.78 is 58.2. The summed E-state index contributed by atoms with van der Waals surface area (Å²) in [5.74, 6) is -0.618. The number of carbonyl (C=O) groups is 1. The molecule has 8 nitrogen and oxygen atoms in total. The Hall–Kier alpha value is -3.63. The van der Waals surface area contributed by atoms with E-state index in [2.05, 4.69) is 10.0 Å². The average molecular weight is 489 g/mol. The van der Waals surface area contributed by atoms with Crippen LogP contribution in [0.3, 0.4) is 0 Å². The molecular weight excluding hydrogens is 463 g/mol. The number of rotatable bonds is 10. The van der Waals surface area contributed by atoms with Gasteiger partial charge in [0.2, 0.25) is 21.7 Å². The number of hydrogen-bond donors (Lipinski definition) is 2. The van der Waals surface area contributed by atoms with E-state index in [1.165, 1.54) is 45.6 Å². The first-order valence-electron chi connectivity index (χ1n) is 10.2. The molecule has 1 unspecified atom stereocenters. The molecule has 10 heteroatoms. The molecule has 0 radical (unpaired) electrons. The van der Waals surface area contributed by atoms with E-state index >= 15 is 0 Å². The summed E-state index contributed by atoms with van der Waals surface area (Å²) >= 11 is 0. The van der Waals surface area contributed by atoms with Gasteiger partial charge in [0.15, 0.2) is 11.5 Å². The molecule has 3 aromatic rings. The van der Waals surface area contributed by atoms with Crippen molar-refractivity contribution < 1.29 is 31.8 Å². The van der Waals surface area contributed by atoms with Crippen LogP contribution >= 0.6 is 0 Å². The van der Waals surface area contributed by atoms with Crippen molar-refractivity contribution in [3.05, 3.63) is 78.1 Å². The second-order valence-corrected chi connectivity index (χ2v) is 8.88. The molecule has 0 aliphatic heterocycles. The molecule has 3 rings (SSSR count). The minimum Gasteiger partial charge on any atom is -0.493 e. The Labute approximate surface area is 197 Å². The van der Waals surface area contributed by atoms with E-state index in [9.17, 15) is 17.6 Å². The van der Waals surface area contributed by atoms with Crippen LogP contribution in [0.2, 0.25) is 0 Å². The number of carbonyl (C=O) groups excluding carboxylic acids is 1. The monoisotopic (exact) mass is 488 g/mol. The third-order valence-electron chi connectivity index (χ3n) is 4.95. The molecule has 0 aliphatic carbocycles. The van der Waals surface area contributed by atoms with E-state index < -0.39 is 32.7 Å². The first kappa shape index (κ1) is 25.0. The second-order valence-electron chi connectivity index (χ2n) is 7.20. The minimum atomic E-state index is -4.34. The van der Waals surface area contributed by atoms with Crippen LogP contribution in [0.4, 0.5) is 10.1 Å². The standard InChI is InChI=1S/C24H25FN2O6S/c1-31-20-14-17(15-21(32-2)23(20)33-3)26-24(28)19(13-16-9-5-4-6-10-16)27-34(29,30)22-12-8-7-11-18(22)25/h4-12,14-15,19,27H,13H2,1-3H3,(H,26,28). The Morgan fingerprint density at radius 3 is 2.06 bits per heavy atom. The third kappa shape index (κ3) is 5.83. The van der Waals surface area contributed by atoms with Crippen molar-refractivity contribution in [1.82, 2.24) is 4.72 Å². The van der Waals surface area contributed by atoms with Gasteiger partial charge in [0, 0.05) is 17.8 Å². The Kier molecular flexibility index (Phi) is 8.08. The molecule has 34 heavy (non-hydrogen) atoms. The Morgan fingerprint density at radius 2 is 1.50 bits per heavy atom. The lowest BCUT2D eigenvalue weighted by Crippen LogP contribution is -2.45. The predicted molar refractivity (Wildman–Crippen MR) is 125 cm³/mol. The summed E-state index contributed by atoms with van der Waals surface area (Å²) in [7, 11) is -0.0204. The van der Waals surface area contributed by atoms with Crippen molar-refractivity contribution in [3.63, 3.8) is 0 Å². The lowest BCUT2D eigenvalue weighted by Gasteiger charge is -2.20. The molecule has 0 saturated carbocycles. The van der Waals surface area contributed by atoms with Gasteiger partial charge in [-0.2, -0.15) is 4.72 Å². The topological polar surface area (TPSA) is 103 Å². The van der Waals surface area contributed by atoms with Gasteiger partial charge in [0.05, 0.1) is 21.3 Å². The van der Waals surface area contributed by atoms with Crippen LogP contribution in [0.15, 0.2) is 71.6 Å². The average Bonchev–Trinajstić information content (AvgIpc) is 2.83. The van der Waals surface area contributed by atoms with Crippen LogP contribution in [0.1, 0.15) is 5.56 Å². The third-order valence-corrected chi connectivity index (χ3v) is 6.46. The number of methoxy groups -OCH3 is 3. The van der Waals surface area contributed by atoms with Gasteiger partial charge in [-0.25, -0.2) is 12.8 Å². The van der Waals surface area contributed by atoms with Crippen LogP contribution in [0.5, 0.6) is 17.2 Å². The summed E-state index contributed by atoms with van der Waals surface area (Å²) in [6, 6.07) is 15.6. The highest BCUT2D eigenvalue weighted by atomic mass is 32.2. The summed E-state index contributed by atoms with van der Waals surface area (Å²) in [5, 5.41) is 2.68. The highest BCUT2D eigenvalue weighted by Gasteiger charge is 2.28. The molecule has 1 atom stereocenters. The smallest absolute Gasteiger partial charge is 0.244 e. The minimum absolute atomic E-state index is 0.0325. The number of halogens is 1. The van der Waals surface area contributed by atoms with E-state index in [1.54, 1.807) is 30.3 Å². The fraction of sp³-hybridized carbons (Fsp3) is 0.208. The molecular formula is C24H25FN2O6S. The lowest BCUT2D eigenvalue weighted by molar-refractivity contribution is -0.117. The zero-order valence-electron chi connectivity index (χ0n) is 18.9. The van der Waals surface area contributed by atoms with Gasteiger partial charge in [-0.3, -0.25) is 4.79 Å². The number of ether oxygens (including phenoxy) is 3. The SMILES string of the molecule is COc1cc(NC(=O)C(Cc2ccccc2)NS(=O)(=O)c2ccccc2F)cc(OC)c1OC. The maximum absolute atomic E-state index is 14.2. The Balaban J connectivity index is 1.93. The highest BCUT2D eigenvalue weighted by molar-refractivity contribution is 7.89. The van der Waals surface area contributed by atoms with Gasteiger partial charge >= 0.3 is 0 Å². The van der Waals surface area contributed by atoms with Crippen molar-refractivity contribution in [3.8, 4) is 17.2 Å². The van der Waals surface area contributed by atoms with Gasteiger partial charge in [0.1, 0.15) is 16.8 Å². The van der Waals surface area contributed by atoms with E-state index in [4.69, 9.17) is 14.2 Å². The summed E-state index contributed by atoms with van der Waals surface area (Å²) in [4.78, 5) is 12.7. The normalized spacial score (nSPS) is 12.0. The first-order chi connectivity index (χ1) is 16.3. The highest BCUT2D eigenvalue weighted by Crippen LogP contribution is 2.40. The summed E-state index contributed by atoms with van der Waals surface area (Å²) in [6.45, 7) is 0. The molecule has 0 aromatic heterocycles. The van der Waals surface area contributed by atoms with Crippen LogP contribution in [0, 0.1) is 5.82 Å². The molecule has 180 valence electrons. The number of nitrogens with one attached hydrogen (secondary N) is 2. The summed E-state index contributed by atoms with van der Waals surface area (Å²) in [6.07, 6.45) is 0.0325. The fourth-order valence-electron chi connectivity index (χ4n) is 3.33. The van der Waals surface area contributed by atoms with Crippen LogP contribution in [-0.4, -0.2) is 41.7 Å². The van der Waals surface area contributed by atoms with Gasteiger partial charge in [0.25, 0.3) is 0 Å². The number of hydrogen-bond acceptors (Lipinski definition) is 6. The van der Waals surface area contributed by atoms with E-state index in [1.807, 2.05) is 0 Å². The zero-order valence-corrected chi connectivity index (χ0v) is 19.7. The maximum Gasteiger partial charge on any atom is 0.244 e. The van der Waals surface area contributed by atoms with E-state index in [0.717, 1.165) is 12.1 Å². The quantitative estimate of drug-likeness (QED) is 0.454. The summed E-state index contributed by atoms with van der Waals surface area (Å²) in [5.41, 5.74) is 1.01. The second kappa shape index (κ2) is 11.0. The molecule has 0 aliphatic rings. The van der Waals surface area contributed by atoms with Crippen LogP contribution < -0.4 is 24.2 Å². The predicted octanol–water partition coefficient (Wildman–Crippen LogP) is 3.38. The molecule has 0 bridgehead atoms. The van der Waals surface area contributed by atoms with Crippen molar-refractivity contribution in [2.45, 2.75) is 17.4 Å². The molecule has 0 heterocycles. The van der Waals surface area contributed by atoms with Crippen LogP contribution in [0.25, 0.3) is 0 Å². The number of amides is 1. The molecule has 3 aromatic carbocycles. The Morgan fingerprint density at radius 1 is 0.912 bits per heavy atom. The van der Waals surface area contributed by atoms with E-state index in [0.29, 0.717) is 28.5 Å². The fourth-order valence-corrected chi connectivity index (χ4v) is 4.61. The molecule has 0 saturated heterocycles. The largest absolute Gasteiger partial charge is 0.493 e. The van der Waals surface area contributed by atoms with Crippen molar-refractivity contribution in [2.24, 2.45) is 0 Å². The maximum atomic E-state index is 14.2. The molecule has 0 spiro atoms. The van der Waals surface area contributed by atoms with Crippen LogP contribution in [-0.2, 0) is 21.2 Å². The number of benzene rings is 3. The lowest BCUT2D eigenvalue weighted by atomic mass is 10.1. The zero-order chi connectivity index (χ0) is 24.7. The number of anilines is 1.